The topological polar surface area (TPSA) is 12.0 Å². The van der Waals surface area contributed by atoms with Gasteiger partial charge in [-0.15, -0.1) is 0 Å². The molecule has 1 N–H and O–H groups in total. The Balaban J connectivity index is 1.92. The number of anilines is 1. The molecule has 19 heavy (non-hydrogen) atoms. The fraction of sp³-hybridized carbons (Fsp3) is 0.200. The third-order valence-electron chi connectivity index (χ3n) is 3.46. The number of rotatable bonds is 2. The molecule has 0 bridgehead atoms. The SMILES string of the molecule is Fc1cc(Br)cc(F)c1NC1CCc2ccccc21. The highest BCUT2D eigenvalue weighted by Gasteiger charge is 2.23. The Labute approximate surface area is 118 Å². The van der Waals surface area contributed by atoms with Crippen molar-refractivity contribution in [3.63, 3.8) is 0 Å². The van der Waals surface area contributed by atoms with Crippen LogP contribution in [0.5, 0.6) is 0 Å². The van der Waals surface area contributed by atoms with Crippen molar-refractivity contribution in [2.75, 3.05) is 5.32 Å². The van der Waals surface area contributed by atoms with Crippen molar-refractivity contribution in [1.29, 1.82) is 0 Å². The van der Waals surface area contributed by atoms with Gasteiger partial charge in [-0.3, -0.25) is 0 Å². The normalized spacial score (nSPS) is 17.3. The van der Waals surface area contributed by atoms with Crippen molar-refractivity contribution in [2.45, 2.75) is 18.9 Å². The first kappa shape index (κ1) is 12.6. The standard InChI is InChI=1S/C15H12BrF2N/c16-10-7-12(17)15(13(18)8-10)19-14-6-5-9-3-1-2-4-11(9)14/h1-4,7-8,14,19H,5-6H2. The molecule has 0 aromatic heterocycles. The van der Waals surface area contributed by atoms with E-state index in [1.165, 1.54) is 17.7 Å². The lowest BCUT2D eigenvalue weighted by molar-refractivity contribution is 0.580. The molecular weight excluding hydrogens is 312 g/mol. The maximum atomic E-state index is 13.8. The van der Waals surface area contributed by atoms with Crippen LogP contribution in [0.2, 0.25) is 0 Å². The van der Waals surface area contributed by atoms with Crippen LogP contribution in [0.4, 0.5) is 14.5 Å². The molecule has 1 unspecified atom stereocenters. The highest BCUT2D eigenvalue weighted by molar-refractivity contribution is 9.10. The van der Waals surface area contributed by atoms with Gasteiger partial charge in [-0.05, 0) is 36.1 Å². The second-order valence-electron chi connectivity index (χ2n) is 4.68. The van der Waals surface area contributed by atoms with E-state index in [1.54, 1.807) is 0 Å². The Bertz CT molecular complexity index is 604. The highest BCUT2D eigenvalue weighted by atomic mass is 79.9. The average molecular weight is 324 g/mol. The van der Waals surface area contributed by atoms with Gasteiger partial charge in [-0.25, -0.2) is 8.78 Å². The molecule has 0 saturated carbocycles. The summed E-state index contributed by atoms with van der Waals surface area (Å²) >= 11 is 3.08. The summed E-state index contributed by atoms with van der Waals surface area (Å²) in [5.74, 6) is -1.15. The summed E-state index contributed by atoms with van der Waals surface area (Å²) in [5, 5.41) is 2.99. The van der Waals surface area contributed by atoms with E-state index < -0.39 is 11.6 Å². The van der Waals surface area contributed by atoms with Gasteiger partial charge in [-0.2, -0.15) is 0 Å². The third kappa shape index (κ3) is 2.37. The number of benzene rings is 2. The van der Waals surface area contributed by atoms with E-state index in [0.717, 1.165) is 18.4 Å². The zero-order chi connectivity index (χ0) is 13.4. The van der Waals surface area contributed by atoms with Crippen LogP contribution in [0.3, 0.4) is 0 Å². The predicted molar refractivity (Wildman–Crippen MR) is 75.2 cm³/mol. The zero-order valence-electron chi connectivity index (χ0n) is 10.1. The van der Waals surface area contributed by atoms with Gasteiger partial charge in [0.2, 0.25) is 0 Å². The van der Waals surface area contributed by atoms with Gasteiger partial charge in [0, 0.05) is 4.47 Å². The van der Waals surface area contributed by atoms with Crippen molar-refractivity contribution >= 4 is 21.6 Å². The van der Waals surface area contributed by atoms with E-state index in [0.29, 0.717) is 4.47 Å². The van der Waals surface area contributed by atoms with Gasteiger partial charge in [0.25, 0.3) is 0 Å². The van der Waals surface area contributed by atoms with Crippen LogP contribution in [0, 0.1) is 11.6 Å². The number of aryl methyl sites for hydroxylation is 1. The number of hydrogen-bond acceptors (Lipinski definition) is 1. The van der Waals surface area contributed by atoms with Crippen LogP contribution in [-0.4, -0.2) is 0 Å². The quantitative estimate of drug-likeness (QED) is 0.834. The van der Waals surface area contributed by atoms with Crippen LogP contribution < -0.4 is 5.32 Å². The maximum Gasteiger partial charge on any atom is 0.150 e. The second-order valence-corrected chi connectivity index (χ2v) is 5.59. The van der Waals surface area contributed by atoms with Crippen molar-refractivity contribution in [3.05, 3.63) is 63.6 Å². The van der Waals surface area contributed by atoms with Gasteiger partial charge in [0.05, 0.1) is 6.04 Å². The summed E-state index contributed by atoms with van der Waals surface area (Å²) in [5.41, 5.74) is 2.33. The lowest BCUT2D eigenvalue weighted by Gasteiger charge is -2.17. The van der Waals surface area contributed by atoms with E-state index in [9.17, 15) is 8.78 Å². The van der Waals surface area contributed by atoms with Crippen LogP contribution in [-0.2, 0) is 6.42 Å². The summed E-state index contributed by atoms with van der Waals surface area (Å²) in [7, 11) is 0. The van der Waals surface area contributed by atoms with Crippen molar-refractivity contribution in [2.24, 2.45) is 0 Å². The predicted octanol–water partition coefficient (Wildman–Crippen LogP) is 4.83. The number of hydrogen-bond donors (Lipinski definition) is 1. The molecule has 2 aromatic rings. The Morgan fingerprint density at radius 2 is 1.79 bits per heavy atom. The van der Waals surface area contributed by atoms with Gasteiger partial charge in [0.1, 0.15) is 17.3 Å². The fourth-order valence-electron chi connectivity index (χ4n) is 2.56. The number of halogens is 3. The van der Waals surface area contributed by atoms with Gasteiger partial charge < -0.3 is 5.32 Å². The number of nitrogens with one attached hydrogen (secondary N) is 1. The van der Waals surface area contributed by atoms with Gasteiger partial charge in [-0.1, -0.05) is 40.2 Å². The molecule has 0 fully saturated rings. The van der Waals surface area contributed by atoms with E-state index >= 15 is 0 Å². The molecule has 1 aliphatic carbocycles. The maximum absolute atomic E-state index is 13.8. The summed E-state index contributed by atoms with van der Waals surface area (Å²) < 4.78 is 28.0. The molecule has 0 radical (unpaired) electrons. The molecule has 0 amide bonds. The van der Waals surface area contributed by atoms with E-state index in [4.69, 9.17) is 0 Å². The van der Waals surface area contributed by atoms with Crippen LogP contribution in [0.15, 0.2) is 40.9 Å². The highest BCUT2D eigenvalue weighted by Crippen LogP contribution is 2.35. The van der Waals surface area contributed by atoms with Crippen LogP contribution in [0.25, 0.3) is 0 Å². The molecule has 0 saturated heterocycles. The molecule has 98 valence electrons. The van der Waals surface area contributed by atoms with Crippen molar-refractivity contribution in [3.8, 4) is 0 Å². The smallest absolute Gasteiger partial charge is 0.150 e. The lowest BCUT2D eigenvalue weighted by atomic mass is 10.1. The minimum Gasteiger partial charge on any atom is -0.373 e. The monoisotopic (exact) mass is 323 g/mol. The molecule has 1 atom stereocenters. The third-order valence-corrected chi connectivity index (χ3v) is 3.92. The minimum absolute atomic E-state index is 0.0265. The van der Waals surface area contributed by atoms with E-state index in [2.05, 4.69) is 27.3 Å². The zero-order valence-corrected chi connectivity index (χ0v) is 11.7. The van der Waals surface area contributed by atoms with E-state index in [1.807, 2.05) is 18.2 Å². The number of fused-ring (bicyclic) bond motifs is 1. The van der Waals surface area contributed by atoms with Crippen LogP contribution in [0.1, 0.15) is 23.6 Å². The Kier molecular flexibility index (Phi) is 3.27. The molecule has 0 heterocycles. The molecule has 4 heteroatoms. The molecule has 0 spiro atoms. The molecule has 2 aromatic carbocycles. The Morgan fingerprint density at radius 1 is 1.11 bits per heavy atom. The molecular formula is C15H12BrF2N. The Hall–Kier alpha value is -1.42. The lowest BCUT2D eigenvalue weighted by Crippen LogP contribution is -2.10. The summed E-state index contributed by atoms with van der Waals surface area (Å²) in [6.07, 6.45) is 1.79. The summed E-state index contributed by atoms with van der Waals surface area (Å²) in [6, 6.07) is 10.5. The first-order valence-electron chi connectivity index (χ1n) is 6.14. The summed E-state index contributed by atoms with van der Waals surface area (Å²) in [4.78, 5) is 0. The summed E-state index contributed by atoms with van der Waals surface area (Å²) in [6.45, 7) is 0. The second kappa shape index (κ2) is 4.93. The van der Waals surface area contributed by atoms with Crippen molar-refractivity contribution < 1.29 is 8.78 Å². The Morgan fingerprint density at radius 3 is 2.53 bits per heavy atom. The van der Waals surface area contributed by atoms with Gasteiger partial charge >= 0.3 is 0 Å². The molecule has 0 aliphatic heterocycles. The molecule has 1 aliphatic rings. The average Bonchev–Trinajstić information content (AvgIpc) is 2.77. The van der Waals surface area contributed by atoms with E-state index in [-0.39, 0.29) is 11.7 Å². The minimum atomic E-state index is -0.573. The fourth-order valence-corrected chi connectivity index (χ4v) is 2.96. The first-order chi connectivity index (χ1) is 9.15. The largest absolute Gasteiger partial charge is 0.373 e. The molecule has 3 rings (SSSR count). The van der Waals surface area contributed by atoms with Crippen LogP contribution >= 0.6 is 15.9 Å². The molecule has 1 nitrogen and oxygen atoms in total. The van der Waals surface area contributed by atoms with Crippen molar-refractivity contribution in [1.82, 2.24) is 0 Å². The first-order valence-corrected chi connectivity index (χ1v) is 6.93. The van der Waals surface area contributed by atoms with Gasteiger partial charge in [0.15, 0.2) is 0 Å².